The summed E-state index contributed by atoms with van der Waals surface area (Å²) in [6.07, 6.45) is -2.01. The van der Waals surface area contributed by atoms with Crippen molar-refractivity contribution >= 4 is 106 Å². The predicted octanol–water partition coefficient (Wildman–Crippen LogP) is 4.98. The van der Waals surface area contributed by atoms with Crippen molar-refractivity contribution in [1.82, 2.24) is 19.6 Å². The molecular formula is C39H48N6O8S6Si. The standard InChI is InChI=1S/C39H48N6O8S6Si/c1-9-10-19-58(50,51)44-26-17-13-11-15-24(26)36(22-38-32(48)40(4)34(2,54-56-38)30(46)42(38)28(36)44)37-23-39-33(49)41(5)35(3,55-57-39)31(47)43(39)29(37)45(27-18-14-12-16-25(27)37)59(52,53)20-21-60(6,7)8/h11-18,28-29H,9-10,19-23H2,1-8H3/t28-,29-,34-,35-,36?,37-,38-,39-/m0/s1. The van der Waals surface area contributed by atoms with Crippen LogP contribution in [-0.4, -0.2) is 126 Å². The molecule has 10 aliphatic rings. The van der Waals surface area contributed by atoms with Gasteiger partial charge in [0.2, 0.25) is 20.0 Å². The van der Waals surface area contributed by atoms with Gasteiger partial charge >= 0.3 is 0 Å². The van der Waals surface area contributed by atoms with Crippen LogP contribution in [0.2, 0.25) is 25.7 Å². The number of amides is 4. The number of carbonyl (C=O) groups excluding carboxylic acids is 4. The fraction of sp³-hybridized carbons (Fsp3) is 0.590. The Balaban J connectivity index is 1.36. The number of sulfonamides is 2. The van der Waals surface area contributed by atoms with Crippen molar-refractivity contribution in [3.63, 3.8) is 0 Å². The minimum Gasteiger partial charge on any atom is -0.319 e. The maximum atomic E-state index is 15.5. The second-order valence-electron chi connectivity index (χ2n) is 18.9. The number of para-hydroxylation sites is 2. The minimum atomic E-state index is -4.28. The first kappa shape index (κ1) is 41.4. The molecular weight excluding hydrogens is 901 g/mol. The van der Waals surface area contributed by atoms with Gasteiger partial charge in [0, 0.05) is 35.0 Å². The summed E-state index contributed by atoms with van der Waals surface area (Å²) in [5, 5.41) is 0. The average Bonchev–Trinajstić information content (AvgIpc) is 3.87. The van der Waals surface area contributed by atoms with Crippen LogP contribution in [0.15, 0.2) is 48.5 Å². The van der Waals surface area contributed by atoms with E-state index in [0.717, 1.165) is 0 Å². The summed E-state index contributed by atoms with van der Waals surface area (Å²) in [6.45, 7) is 11.6. The Kier molecular flexibility index (Phi) is 8.54. The van der Waals surface area contributed by atoms with E-state index in [-0.39, 0.29) is 36.2 Å². The molecule has 0 N–H and O–H groups in total. The van der Waals surface area contributed by atoms with Crippen LogP contribution in [0, 0.1) is 0 Å². The van der Waals surface area contributed by atoms with Gasteiger partial charge in [0.1, 0.15) is 12.3 Å². The van der Waals surface area contributed by atoms with E-state index in [0.29, 0.717) is 41.4 Å². The molecule has 4 amide bonds. The van der Waals surface area contributed by atoms with Gasteiger partial charge in [0.25, 0.3) is 23.6 Å². The third-order valence-corrected chi connectivity index (χ3v) is 27.6. The molecule has 8 atom stereocenters. The van der Waals surface area contributed by atoms with Gasteiger partial charge in [-0.2, -0.15) is 0 Å². The monoisotopic (exact) mass is 948 g/mol. The molecule has 2 aromatic carbocycles. The van der Waals surface area contributed by atoms with E-state index in [1.165, 1.54) is 71.4 Å². The van der Waals surface area contributed by atoms with E-state index in [1.807, 2.05) is 31.2 Å². The number of benzene rings is 2. The lowest BCUT2D eigenvalue weighted by atomic mass is 9.54. The number of likely N-dealkylation sites (N-methyl/N-ethyl adjacent to an activating group) is 2. The molecule has 0 aromatic heterocycles. The van der Waals surface area contributed by atoms with Crippen LogP contribution >= 0.6 is 43.2 Å². The molecule has 60 heavy (non-hydrogen) atoms. The number of nitrogens with zero attached hydrogens (tertiary/aromatic N) is 6. The largest absolute Gasteiger partial charge is 0.319 e. The van der Waals surface area contributed by atoms with Crippen molar-refractivity contribution in [2.24, 2.45) is 0 Å². The lowest BCUT2D eigenvalue weighted by molar-refractivity contribution is -0.164. The number of fused-ring (bicyclic) bond motifs is 11. The molecule has 14 nitrogen and oxygen atoms in total. The van der Waals surface area contributed by atoms with E-state index in [9.17, 15) is 0 Å². The summed E-state index contributed by atoms with van der Waals surface area (Å²) in [5.41, 5.74) is -1.42. The molecule has 8 fully saturated rings. The van der Waals surface area contributed by atoms with Crippen LogP contribution in [0.5, 0.6) is 0 Å². The molecule has 10 heterocycles. The number of unbranched alkanes of at least 4 members (excludes halogenated alkanes) is 1. The Morgan fingerprint density at radius 3 is 1.43 bits per heavy atom. The average molecular weight is 949 g/mol. The molecule has 8 saturated heterocycles. The van der Waals surface area contributed by atoms with E-state index in [2.05, 4.69) is 19.6 Å². The Morgan fingerprint density at radius 1 is 0.633 bits per heavy atom. The molecule has 12 rings (SSSR count). The summed E-state index contributed by atoms with van der Waals surface area (Å²) in [7, 11) is -2.26. The SMILES string of the molecule is CCCCS(=O)(=O)N1c2ccccc2C2([C@]34C[C@@]56SS[C@@](C)(C(=O)N5[C@H]3N(S(=O)(=O)CC[Si](C)(C)C)c3ccccc34)N(C)C6=O)C[C@@]34SS[C@@](C)(C(=O)N3[C@@H]12)N(C)C4=O. The maximum absolute atomic E-state index is 15.5. The fourth-order valence-corrected chi connectivity index (χ4v) is 25.0. The Labute approximate surface area is 368 Å². The van der Waals surface area contributed by atoms with Gasteiger partial charge < -0.3 is 9.80 Å². The zero-order valence-corrected chi connectivity index (χ0v) is 40.5. The first-order valence-electron chi connectivity index (χ1n) is 20.2. The van der Waals surface area contributed by atoms with Gasteiger partial charge in [-0.1, -0.05) is 113 Å². The third kappa shape index (κ3) is 4.53. The van der Waals surface area contributed by atoms with Crippen molar-refractivity contribution < 1.29 is 36.0 Å². The molecule has 10 aliphatic heterocycles. The molecule has 2 spiro atoms. The lowest BCUT2D eigenvalue weighted by Gasteiger charge is -2.58. The highest BCUT2D eigenvalue weighted by Crippen LogP contribution is 2.80. The normalized spacial score (nSPS) is 37.5. The van der Waals surface area contributed by atoms with Gasteiger partial charge in [-0.15, -0.1) is 0 Å². The summed E-state index contributed by atoms with van der Waals surface area (Å²) in [6, 6.07) is 14.7. The van der Waals surface area contributed by atoms with Crippen LogP contribution in [0.25, 0.3) is 0 Å². The molecule has 4 bridgehead atoms. The van der Waals surface area contributed by atoms with E-state index >= 15 is 36.0 Å². The van der Waals surface area contributed by atoms with Gasteiger partial charge in [-0.25, -0.2) is 25.4 Å². The topological polar surface area (TPSA) is 156 Å². The van der Waals surface area contributed by atoms with E-state index in [4.69, 9.17) is 0 Å². The zero-order valence-electron chi connectivity index (χ0n) is 34.6. The van der Waals surface area contributed by atoms with Crippen LogP contribution in [0.1, 0.15) is 57.6 Å². The predicted molar refractivity (Wildman–Crippen MR) is 241 cm³/mol. The summed E-state index contributed by atoms with van der Waals surface area (Å²) >= 11 is 0. The second-order valence-corrected chi connectivity index (χ2v) is 34.1. The van der Waals surface area contributed by atoms with Crippen LogP contribution in [-0.2, 0) is 50.1 Å². The van der Waals surface area contributed by atoms with E-state index in [1.54, 1.807) is 52.2 Å². The number of hydrogen-bond donors (Lipinski definition) is 0. The zero-order chi connectivity index (χ0) is 43.2. The quantitative estimate of drug-likeness (QED) is 0.246. The number of rotatable bonds is 9. The molecule has 21 heteroatoms. The summed E-state index contributed by atoms with van der Waals surface area (Å²) in [4.78, 5) is 61.2. The Morgan fingerprint density at radius 2 is 1.03 bits per heavy atom. The highest BCUT2D eigenvalue weighted by atomic mass is 33.1. The first-order valence-corrected chi connectivity index (χ1v) is 31.4. The van der Waals surface area contributed by atoms with Crippen molar-refractivity contribution in [3.05, 3.63) is 59.7 Å². The maximum Gasteiger partial charge on any atom is 0.262 e. The first-order chi connectivity index (χ1) is 28.0. The van der Waals surface area contributed by atoms with Crippen molar-refractivity contribution in [3.8, 4) is 0 Å². The number of carbonyl (C=O) groups is 4. The molecule has 0 saturated carbocycles. The highest BCUT2D eigenvalue weighted by molar-refractivity contribution is 8.78. The van der Waals surface area contributed by atoms with Crippen LogP contribution in [0.3, 0.4) is 0 Å². The van der Waals surface area contributed by atoms with Crippen molar-refractivity contribution in [2.75, 3.05) is 34.2 Å². The van der Waals surface area contributed by atoms with E-state index < -0.39 is 82.6 Å². The number of hydrogen-bond acceptors (Lipinski definition) is 12. The Bertz CT molecular complexity index is 2580. The van der Waals surface area contributed by atoms with Crippen molar-refractivity contribution in [2.45, 2.75) is 115 Å². The van der Waals surface area contributed by atoms with Gasteiger partial charge in [-0.05, 0) is 49.6 Å². The molecule has 2 aromatic rings. The highest BCUT2D eigenvalue weighted by Gasteiger charge is 2.89. The second kappa shape index (κ2) is 12.4. The number of anilines is 2. The van der Waals surface area contributed by atoms with Gasteiger partial charge in [-0.3, -0.25) is 29.0 Å². The Hall–Kier alpha value is -2.56. The molecule has 322 valence electrons. The molecule has 0 aliphatic carbocycles. The minimum absolute atomic E-state index is 0.102. The van der Waals surface area contributed by atoms with Crippen LogP contribution in [0.4, 0.5) is 11.4 Å². The fourth-order valence-electron chi connectivity index (χ4n) is 11.4. The number of piperazine rings is 2. The third-order valence-electron chi connectivity index (χ3n) is 14.6. The van der Waals surface area contributed by atoms with Crippen molar-refractivity contribution in [1.29, 1.82) is 0 Å². The summed E-state index contributed by atoms with van der Waals surface area (Å²) in [5.74, 6) is -2.02. The molecule has 1 unspecified atom stereocenters. The summed E-state index contributed by atoms with van der Waals surface area (Å²) < 4.78 is 64.1. The van der Waals surface area contributed by atoms with Gasteiger partial charge in [0.05, 0.1) is 33.7 Å². The molecule has 0 radical (unpaired) electrons. The smallest absolute Gasteiger partial charge is 0.262 e. The lowest BCUT2D eigenvalue weighted by Crippen LogP contribution is -2.76. The van der Waals surface area contributed by atoms with Crippen LogP contribution < -0.4 is 8.61 Å². The van der Waals surface area contributed by atoms with Gasteiger partial charge in [0.15, 0.2) is 19.5 Å².